The summed E-state index contributed by atoms with van der Waals surface area (Å²) >= 11 is 0. The summed E-state index contributed by atoms with van der Waals surface area (Å²) in [5.41, 5.74) is 6.08. The molecular weight excluding hydrogens is 295 g/mol. The summed E-state index contributed by atoms with van der Waals surface area (Å²) in [6, 6.07) is 3.37. The maximum absolute atomic E-state index is 13.8. The van der Waals surface area contributed by atoms with Crippen molar-refractivity contribution in [2.45, 2.75) is 43.7 Å². The minimum Gasteiger partial charge on any atom is -0.350 e. The first-order chi connectivity index (χ1) is 9.61. The molecule has 1 amide bonds. The van der Waals surface area contributed by atoms with E-state index < -0.39 is 21.7 Å². The third-order valence-corrected chi connectivity index (χ3v) is 4.19. The highest BCUT2D eigenvalue weighted by atomic mass is 32.2. The van der Waals surface area contributed by atoms with Gasteiger partial charge in [-0.3, -0.25) is 4.79 Å². The normalized spacial score (nSPS) is 14.5. The first-order valence-electron chi connectivity index (χ1n) is 6.65. The number of sulfone groups is 1. The zero-order valence-electron chi connectivity index (χ0n) is 12.4. The molecule has 0 spiro atoms. The van der Waals surface area contributed by atoms with Gasteiger partial charge in [-0.15, -0.1) is 0 Å². The number of halogens is 1. The molecule has 0 aliphatic heterocycles. The van der Waals surface area contributed by atoms with Crippen LogP contribution >= 0.6 is 0 Å². The fourth-order valence-corrected chi connectivity index (χ4v) is 2.57. The Labute approximate surface area is 124 Å². The quantitative estimate of drug-likeness (QED) is 0.833. The fourth-order valence-electron chi connectivity index (χ4n) is 1.84. The molecule has 7 heteroatoms. The lowest BCUT2D eigenvalue weighted by Gasteiger charge is -2.15. The van der Waals surface area contributed by atoms with Crippen molar-refractivity contribution in [3.8, 4) is 0 Å². The Hall–Kier alpha value is -1.47. The Morgan fingerprint density at radius 2 is 2.00 bits per heavy atom. The van der Waals surface area contributed by atoms with Gasteiger partial charge in [-0.25, -0.2) is 12.8 Å². The lowest BCUT2D eigenvalue weighted by molar-refractivity contribution is -0.121. The van der Waals surface area contributed by atoms with Crippen LogP contribution in [-0.4, -0.2) is 26.6 Å². The average molecular weight is 316 g/mol. The van der Waals surface area contributed by atoms with E-state index in [2.05, 4.69) is 5.32 Å². The number of hydrogen-bond donors (Lipinski definition) is 2. The highest BCUT2D eigenvalue weighted by molar-refractivity contribution is 7.90. The maximum Gasteiger partial charge on any atom is 0.220 e. The second-order valence-electron chi connectivity index (χ2n) is 5.27. The van der Waals surface area contributed by atoms with E-state index in [1.165, 1.54) is 12.1 Å². The van der Waals surface area contributed by atoms with Gasteiger partial charge < -0.3 is 11.1 Å². The van der Waals surface area contributed by atoms with Crippen molar-refractivity contribution in [2.24, 2.45) is 5.73 Å². The molecule has 2 unspecified atom stereocenters. The second-order valence-corrected chi connectivity index (χ2v) is 7.25. The molecule has 2 atom stereocenters. The van der Waals surface area contributed by atoms with Gasteiger partial charge in [0.05, 0.1) is 6.04 Å². The fraction of sp³-hybridized carbons (Fsp3) is 0.500. The molecule has 0 heterocycles. The van der Waals surface area contributed by atoms with E-state index in [0.29, 0.717) is 18.4 Å². The van der Waals surface area contributed by atoms with Gasteiger partial charge in [-0.2, -0.15) is 0 Å². The van der Waals surface area contributed by atoms with Gasteiger partial charge in [-0.05, 0) is 38.0 Å². The topological polar surface area (TPSA) is 89.3 Å². The van der Waals surface area contributed by atoms with Crippen LogP contribution < -0.4 is 11.1 Å². The summed E-state index contributed by atoms with van der Waals surface area (Å²) in [5, 5.41) is 2.73. The Bertz CT molecular complexity index is 615. The van der Waals surface area contributed by atoms with Crippen molar-refractivity contribution in [1.29, 1.82) is 0 Å². The molecule has 0 saturated heterocycles. The predicted octanol–water partition coefficient (Wildman–Crippen LogP) is 1.53. The standard InChI is InChI=1S/C14H21FN2O3S/c1-9(16)4-7-14(18)17-10(2)11-5-6-13(12(15)8-11)21(3,19)20/h5-6,8-10H,4,7,16H2,1-3H3,(H,17,18). The molecule has 0 fully saturated rings. The summed E-state index contributed by atoms with van der Waals surface area (Å²) in [4.78, 5) is 11.3. The number of nitrogens with two attached hydrogens (primary N) is 1. The van der Waals surface area contributed by atoms with E-state index in [1.807, 2.05) is 6.92 Å². The zero-order valence-corrected chi connectivity index (χ0v) is 13.2. The van der Waals surface area contributed by atoms with Gasteiger partial charge in [0.15, 0.2) is 9.84 Å². The van der Waals surface area contributed by atoms with Crippen LogP contribution in [0.1, 0.15) is 38.3 Å². The molecule has 0 aliphatic rings. The van der Waals surface area contributed by atoms with Crippen molar-refractivity contribution >= 4 is 15.7 Å². The number of hydrogen-bond acceptors (Lipinski definition) is 4. The Kier molecular flexibility index (Phi) is 5.86. The lowest BCUT2D eigenvalue weighted by Crippen LogP contribution is -2.28. The third-order valence-electron chi connectivity index (χ3n) is 3.06. The van der Waals surface area contributed by atoms with Gasteiger partial charge in [0.25, 0.3) is 0 Å². The van der Waals surface area contributed by atoms with Crippen LogP contribution in [0.15, 0.2) is 23.1 Å². The SMILES string of the molecule is CC(N)CCC(=O)NC(C)c1ccc(S(C)(=O)=O)c(F)c1. The van der Waals surface area contributed by atoms with Crippen LogP contribution in [0.5, 0.6) is 0 Å². The predicted molar refractivity (Wildman–Crippen MR) is 79.0 cm³/mol. The number of rotatable bonds is 6. The Morgan fingerprint density at radius 3 is 2.48 bits per heavy atom. The number of carbonyl (C=O) groups is 1. The van der Waals surface area contributed by atoms with Crippen LogP contribution in [0, 0.1) is 5.82 Å². The second kappa shape index (κ2) is 7.00. The third kappa shape index (κ3) is 5.43. The highest BCUT2D eigenvalue weighted by Crippen LogP contribution is 2.20. The average Bonchev–Trinajstić information content (AvgIpc) is 2.34. The molecule has 0 aliphatic carbocycles. The molecule has 0 radical (unpaired) electrons. The Balaban J connectivity index is 2.78. The smallest absolute Gasteiger partial charge is 0.220 e. The lowest BCUT2D eigenvalue weighted by atomic mass is 10.1. The molecule has 1 rings (SSSR count). The summed E-state index contributed by atoms with van der Waals surface area (Å²) < 4.78 is 36.5. The van der Waals surface area contributed by atoms with E-state index in [-0.39, 0.29) is 16.8 Å². The van der Waals surface area contributed by atoms with E-state index in [9.17, 15) is 17.6 Å². The molecule has 5 nitrogen and oxygen atoms in total. The van der Waals surface area contributed by atoms with E-state index in [4.69, 9.17) is 5.73 Å². The number of benzene rings is 1. The van der Waals surface area contributed by atoms with Crippen molar-refractivity contribution in [3.05, 3.63) is 29.6 Å². The van der Waals surface area contributed by atoms with Gasteiger partial charge >= 0.3 is 0 Å². The van der Waals surface area contributed by atoms with Gasteiger partial charge in [0.1, 0.15) is 10.7 Å². The molecule has 0 aromatic heterocycles. The minimum atomic E-state index is -3.59. The summed E-state index contributed by atoms with van der Waals surface area (Å²) in [5.74, 6) is -0.987. The Morgan fingerprint density at radius 1 is 1.38 bits per heavy atom. The minimum absolute atomic E-state index is 0.0578. The maximum atomic E-state index is 13.8. The van der Waals surface area contributed by atoms with Crippen molar-refractivity contribution in [2.75, 3.05) is 6.26 Å². The number of amides is 1. The molecule has 0 bridgehead atoms. The van der Waals surface area contributed by atoms with E-state index in [0.717, 1.165) is 12.3 Å². The van der Waals surface area contributed by atoms with E-state index >= 15 is 0 Å². The van der Waals surface area contributed by atoms with Crippen molar-refractivity contribution in [3.63, 3.8) is 0 Å². The van der Waals surface area contributed by atoms with Crippen LogP contribution in [0.4, 0.5) is 4.39 Å². The van der Waals surface area contributed by atoms with E-state index in [1.54, 1.807) is 6.92 Å². The van der Waals surface area contributed by atoms with Crippen molar-refractivity contribution < 1.29 is 17.6 Å². The summed E-state index contributed by atoms with van der Waals surface area (Å²) in [7, 11) is -3.59. The monoisotopic (exact) mass is 316 g/mol. The molecular formula is C14H21FN2O3S. The van der Waals surface area contributed by atoms with Crippen LogP contribution in [0.3, 0.4) is 0 Å². The molecule has 3 N–H and O–H groups in total. The summed E-state index contributed by atoms with van der Waals surface area (Å²) in [6.45, 7) is 3.52. The summed E-state index contributed by atoms with van der Waals surface area (Å²) in [6.07, 6.45) is 1.82. The first kappa shape index (κ1) is 17.6. The van der Waals surface area contributed by atoms with Gasteiger partial charge in [0, 0.05) is 18.7 Å². The highest BCUT2D eigenvalue weighted by Gasteiger charge is 2.16. The van der Waals surface area contributed by atoms with Crippen LogP contribution in [-0.2, 0) is 14.6 Å². The molecule has 21 heavy (non-hydrogen) atoms. The number of carbonyl (C=O) groups excluding carboxylic acids is 1. The van der Waals surface area contributed by atoms with Gasteiger partial charge in [0.2, 0.25) is 5.91 Å². The molecule has 1 aromatic carbocycles. The molecule has 118 valence electrons. The number of nitrogens with one attached hydrogen (secondary N) is 1. The molecule has 0 saturated carbocycles. The first-order valence-corrected chi connectivity index (χ1v) is 8.55. The van der Waals surface area contributed by atoms with Gasteiger partial charge in [-0.1, -0.05) is 6.07 Å². The van der Waals surface area contributed by atoms with Crippen LogP contribution in [0.2, 0.25) is 0 Å². The van der Waals surface area contributed by atoms with Crippen LogP contribution in [0.25, 0.3) is 0 Å². The largest absolute Gasteiger partial charge is 0.350 e. The zero-order chi connectivity index (χ0) is 16.2. The van der Waals surface area contributed by atoms with Crippen molar-refractivity contribution in [1.82, 2.24) is 5.32 Å². The molecule has 1 aromatic rings.